The van der Waals surface area contributed by atoms with Gasteiger partial charge in [0.1, 0.15) is 0 Å². The molecule has 0 saturated carbocycles. The fourth-order valence-electron chi connectivity index (χ4n) is 0. The fourth-order valence-corrected chi connectivity index (χ4v) is 0. The van der Waals surface area contributed by atoms with Gasteiger partial charge in [-0.2, -0.15) is 0 Å². The summed E-state index contributed by atoms with van der Waals surface area (Å²) in [5.41, 5.74) is 0. The van der Waals surface area contributed by atoms with E-state index in [1.807, 2.05) is 0 Å². The zero-order chi connectivity index (χ0) is 4.28. The van der Waals surface area contributed by atoms with E-state index in [2.05, 4.69) is 0 Å². The van der Waals surface area contributed by atoms with Crippen LogP contribution >= 0.6 is 0 Å². The van der Waals surface area contributed by atoms with Gasteiger partial charge in [0.15, 0.2) is 0 Å². The summed E-state index contributed by atoms with van der Waals surface area (Å²) in [5.74, 6) is -0.745. The van der Waals surface area contributed by atoms with E-state index in [0.29, 0.717) is 0 Å². The summed E-state index contributed by atoms with van der Waals surface area (Å²) in [5, 5.41) is 7.72. The molecule has 0 fully saturated rings. The molecule has 0 spiro atoms. The van der Waals surface area contributed by atoms with Gasteiger partial charge in [-0.05, 0) is 0 Å². The maximum Gasteiger partial charge on any atom is 2.00 e. The van der Waals surface area contributed by atoms with E-state index in [4.69, 9.17) is 5.11 Å². The van der Waals surface area contributed by atoms with Crippen molar-refractivity contribution in [2.75, 3.05) is 0 Å². The molecule has 0 aromatic heterocycles. The van der Waals surface area contributed by atoms with Crippen LogP contribution < -0.4 is 0 Å². The van der Waals surface area contributed by atoms with Crippen LogP contribution in [-0.4, -0.2) is 132 Å². The second-order valence-electron chi connectivity index (χ2n) is 0.747. The molecule has 0 atom stereocenters. The van der Waals surface area contributed by atoms with Crippen molar-refractivity contribution < 1.29 is 18.5 Å². The topological polar surface area (TPSA) is 37.3 Å². The first-order chi connectivity index (χ1) is 2.27. The molecular formula is C3H12Ca2O2Sr. The van der Waals surface area contributed by atoms with Gasteiger partial charge in [-0.3, -0.25) is 4.79 Å². The number of hydrogen-bond acceptors (Lipinski definition) is 1. The molecule has 1 N–H and O–H groups in total. The molecule has 0 radical (unpaired) electrons. The molecular weight excluding hydrogens is 236 g/mol. The van der Waals surface area contributed by atoms with Gasteiger partial charge in [-0.25, -0.2) is 0 Å². The molecule has 0 saturated heterocycles. The van der Waals surface area contributed by atoms with Gasteiger partial charge in [0, 0.05) is 6.42 Å². The van der Waals surface area contributed by atoms with Crippen molar-refractivity contribution in [1.29, 1.82) is 0 Å². The number of hydrogen-bond donors (Lipinski definition) is 1. The SMILES string of the molecule is CCC(=O)O.[Ca+2].[Ca+2].[H-].[H-].[H-].[H-].[H-].[H-].[Sr+2]. The monoisotopic (exact) mass is 248 g/mol. The standard InChI is InChI=1S/C3H6O2.2Ca.Sr.6H/c1-2-3(4)5;;;;;;;;;/h2H2,1H3,(H,4,5);;;;;;;;;/q;3*+2;6*-1. The molecule has 5 heteroatoms. The van der Waals surface area contributed by atoms with Gasteiger partial charge >= 0.3 is 127 Å². The van der Waals surface area contributed by atoms with Crippen LogP contribution in [0, 0.1) is 0 Å². The average molecular weight is 248 g/mol. The summed E-state index contributed by atoms with van der Waals surface area (Å²) in [4.78, 5) is 9.37. The number of aliphatic carboxylic acids is 1. The Balaban J connectivity index is -0.00000000222. The van der Waals surface area contributed by atoms with Crippen molar-refractivity contribution in [1.82, 2.24) is 0 Å². The first-order valence-electron chi connectivity index (χ1n) is 1.49. The number of carboxylic acid groups (broad SMARTS) is 1. The molecule has 0 aromatic carbocycles. The second-order valence-corrected chi connectivity index (χ2v) is 0.747. The Morgan fingerprint density at radius 3 is 1.75 bits per heavy atom. The van der Waals surface area contributed by atoms with E-state index < -0.39 is 5.97 Å². The second kappa shape index (κ2) is 16.8. The first kappa shape index (κ1) is 22.5. The van der Waals surface area contributed by atoms with Gasteiger partial charge in [-0.1, -0.05) is 6.92 Å². The Bertz CT molecular complexity index is 64.3. The van der Waals surface area contributed by atoms with Crippen LogP contribution in [0.15, 0.2) is 0 Å². The molecule has 0 rings (SSSR count). The largest absolute Gasteiger partial charge is 2.00 e. The molecule has 0 aromatic rings. The summed E-state index contributed by atoms with van der Waals surface area (Å²) >= 11 is 0. The van der Waals surface area contributed by atoms with Crippen molar-refractivity contribution in [3.8, 4) is 0 Å². The Morgan fingerprint density at radius 1 is 1.62 bits per heavy atom. The summed E-state index contributed by atoms with van der Waals surface area (Å²) in [6.45, 7) is 1.60. The van der Waals surface area contributed by atoms with Gasteiger partial charge in [0.05, 0.1) is 0 Å². The summed E-state index contributed by atoms with van der Waals surface area (Å²) in [7, 11) is 0. The minimum absolute atomic E-state index is 0. The fraction of sp³-hybridized carbons (Fsp3) is 0.667. The Kier molecular flexibility index (Phi) is 47.4. The maximum absolute atomic E-state index is 9.37. The Hall–Kier alpha value is 3.47. The molecule has 0 bridgehead atoms. The molecule has 0 amide bonds. The molecule has 0 unspecified atom stereocenters. The minimum Gasteiger partial charge on any atom is -1.00 e. The van der Waals surface area contributed by atoms with E-state index in [0.717, 1.165) is 0 Å². The van der Waals surface area contributed by atoms with Gasteiger partial charge < -0.3 is 13.7 Å². The third kappa shape index (κ3) is 22.7. The summed E-state index contributed by atoms with van der Waals surface area (Å²) < 4.78 is 0. The number of carboxylic acids is 1. The number of rotatable bonds is 1. The molecule has 8 heavy (non-hydrogen) atoms. The van der Waals surface area contributed by atoms with E-state index in [9.17, 15) is 4.79 Å². The van der Waals surface area contributed by atoms with Crippen LogP contribution in [0.5, 0.6) is 0 Å². The number of carbonyl (C=O) groups is 1. The van der Waals surface area contributed by atoms with Crippen LogP contribution in [0.2, 0.25) is 0 Å². The first-order valence-corrected chi connectivity index (χ1v) is 1.49. The van der Waals surface area contributed by atoms with Crippen molar-refractivity contribution in [2.45, 2.75) is 13.3 Å². The molecule has 2 nitrogen and oxygen atoms in total. The normalized spacial score (nSPS) is 4.62. The average Bonchev–Trinajstić information content (AvgIpc) is 1.38. The quantitative estimate of drug-likeness (QED) is 0.664. The van der Waals surface area contributed by atoms with Crippen molar-refractivity contribution in [3.05, 3.63) is 0 Å². The third-order valence-corrected chi connectivity index (χ3v) is 0.302. The van der Waals surface area contributed by atoms with Crippen molar-refractivity contribution >= 4 is 127 Å². The van der Waals surface area contributed by atoms with Gasteiger partial charge in [0.25, 0.3) is 0 Å². The van der Waals surface area contributed by atoms with Gasteiger partial charge in [-0.15, -0.1) is 0 Å². The van der Waals surface area contributed by atoms with Crippen LogP contribution in [0.1, 0.15) is 21.9 Å². The molecule has 0 aliphatic carbocycles. The Morgan fingerprint density at radius 2 is 1.75 bits per heavy atom. The predicted molar refractivity (Wildman–Crippen MR) is 41.9 cm³/mol. The van der Waals surface area contributed by atoms with Crippen LogP contribution in [0.4, 0.5) is 0 Å². The molecule has 0 aliphatic heterocycles. The summed E-state index contributed by atoms with van der Waals surface area (Å²) in [6.07, 6.45) is 0.222. The van der Waals surface area contributed by atoms with Gasteiger partial charge in [0.2, 0.25) is 0 Å². The van der Waals surface area contributed by atoms with E-state index in [1.54, 1.807) is 6.92 Å². The molecule has 0 heterocycles. The predicted octanol–water partition coefficient (Wildman–Crippen LogP) is 0.0136. The summed E-state index contributed by atoms with van der Waals surface area (Å²) in [6, 6.07) is 0. The van der Waals surface area contributed by atoms with E-state index in [-0.39, 0.29) is 136 Å². The zero-order valence-electron chi connectivity index (χ0n) is 11.2. The van der Waals surface area contributed by atoms with E-state index >= 15 is 0 Å². The van der Waals surface area contributed by atoms with Crippen LogP contribution in [0.25, 0.3) is 0 Å². The van der Waals surface area contributed by atoms with Crippen molar-refractivity contribution in [2.24, 2.45) is 0 Å². The van der Waals surface area contributed by atoms with Crippen LogP contribution in [-0.2, 0) is 4.79 Å². The Labute approximate surface area is 155 Å². The molecule has 42 valence electrons. The maximum atomic E-state index is 9.37. The smallest absolute Gasteiger partial charge is 1.00 e. The minimum atomic E-state index is -0.745. The van der Waals surface area contributed by atoms with Crippen LogP contribution in [0.3, 0.4) is 0 Å². The van der Waals surface area contributed by atoms with Crippen molar-refractivity contribution in [3.63, 3.8) is 0 Å². The third-order valence-electron chi connectivity index (χ3n) is 0.302. The zero-order valence-corrected chi connectivity index (χ0v) is 13.1. The molecule has 0 aliphatic rings. The van der Waals surface area contributed by atoms with E-state index in [1.165, 1.54) is 0 Å².